The summed E-state index contributed by atoms with van der Waals surface area (Å²) >= 11 is 1.84. The van der Waals surface area contributed by atoms with Gasteiger partial charge in [0, 0.05) is 4.88 Å². The maximum absolute atomic E-state index is 10.1. The first kappa shape index (κ1) is 13.1. The Balaban J connectivity index is 1.81. The Morgan fingerprint density at radius 3 is 2.94 bits per heavy atom. The van der Waals surface area contributed by atoms with Crippen molar-refractivity contribution in [3.05, 3.63) is 22.4 Å². The molecule has 1 nitrogen and oxygen atoms in total. The molecular weight excluding hydrogens is 228 g/mol. The Bertz CT molecular complexity index is 307. The van der Waals surface area contributed by atoms with E-state index in [1.165, 1.54) is 37.0 Å². The van der Waals surface area contributed by atoms with E-state index >= 15 is 0 Å². The highest BCUT2D eigenvalue weighted by atomic mass is 32.1. The van der Waals surface area contributed by atoms with Crippen molar-refractivity contribution in [2.75, 3.05) is 0 Å². The summed E-state index contributed by atoms with van der Waals surface area (Å²) < 4.78 is 0. The molecule has 0 aromatic carbocycles. The quantitative estimate of drug-likeness (QED) is 0.830. The van der Waals surface area contributed by atoms with Gasteiger partial charge >= 0.3 is 0 Å². The molecular formula is C15H24OS. The van der Waals surface area contributed by atoms with Crippen molar-refractivity contribution in [1.29, 1.82) is 0 Å². The minimum Gasteiger partial charge on any atom is -0.393 e. The van der Waals surface area contributed by atoms with Crippen molar-refractivity contribution in [2.24, 2.45) is 11.8 Å². The van der Waals surface area contributed by atoms with Crippen LogP contribution in [0.15, 0.2) is 17.5 Å². The highest BCUT2D eigenvalue weighted by Gasteiger charge is 2.28. The van der Waals surface area contributed by atoms with Gasteiger partial charge in [0.2, 0.25) is 0 Å². The van der Waals surface area contributed by atoms with Crippen LogP contribution < -0.4 is 0 Å². The van der Waals surface area contributed by atoms with Crippen molar-refractivity contribution in [3.8, 4) is 0 Å². The lowest BCUT2D eigenvalue weighted by molar-refractivity contribution is 0.0421. The third-order valence-electron chi connectivity index (χ3n) is 4.09. The van der Waals surface area contributed by atoms with Crippen LogP contribution in [-0.4, -0.2) is 11.2 Å². The van der Waals surface area contributed by atoms with Gasteiger partial charge in [-0.2, -0.15) is 0 Å². The summed E-state index contributed by atoms with van der Waals surface area (Å²) in [6.07, 6.45) is 8.44. The maximum atomic E-state index is 10.1. The van der Waals surface area contributed by atoms with Gasteiger partial charge in [-0.25, -0.2) is 0 Å². The summed E-state index contributed by atoms with van der Waals surface area (Å²) in [6, 6.07) is 4.33. The average molecular weight is 252 g/mol. The number of aliphatic hydroxyl groups excluding tert-OH is 1. The van der Waals surface area contributed by atoms with Gasteiger partial charge < -0.3 is 5.11 Å². The first-order valence-corrected chi connectivity index (χ1v) is 7.88. The summed E-state index contributed by atoms with van der Waals surface area (Å²) in [5, 5.41) is 12.2. The molecule has 1 N–H and O–H groups in total. The molecule has 17 heavy (non-hydrogen) atoms. The standard InChI is InChI=1S/C15H24OS/c1-2-4-12-6-9-15(16)13(11-12)7-8-14-5-3-10-17-14/h3,5,10,12-13,15-16H,2,4,6-9,11H2,1H3. The molecule has 0 spiro atoms. The molecule has 1 aliphatic rings. The lowest BCUT2D eigenvalue weighted by Crippen LogP contribution is -2.29. The molecule has 1 aromatic rings. The lowest BCUT2D eigenvalue weighted by Gasteiger charge is -2.33. The van der Waals surface area contributed by atoms with E-state index < -0.39 is 0 Å². The summed E-state index contributed by atoms with van der Waals surface area (Å²) in [5.41, 5.74) is 0. The fourth-order valence-corrected chi connectivity index (χ4v) is 3.83. The Labute approximate surface area is 109 Å². The predicted octanol–water partition coefficient (Wildman–Crippen LogP) is 4.26. The minimum atomic E-state index is -0.0388. The van der Waals surface area contributed by atoms with Gasteiger partial charge in [-0.3, -0.25) is 0 Å². The lowest BCUT2D eigenvalue weighted by atomic mass is 9.76. The van der Waals surface area contributed by atoms with Gasteiger partial charge in [0.1, 0.15) is 0 Å². The SMILES string of the molecule is CCCC1CCC(O)C(CCc2cccs2)C1. The largest absolute Gasteiger partial charge is 0.393 e. The molecule has 1 aliphatic carbocycles. The summed E-state index contributed by atoms with van der Waals surface area (Å²) in [6.45, 7) is 2.27. The molecule has 1 saturated carbocycles. The smallest absolute Gasteiger partial charge is 0.0568 e. The van der Waals surface area contributed by atoms with Crippen LogP contribution in [0, 0.1) is 11.8 Å². The van der Waals surface area contributed by atoms with Gasteiger partial charge in [-0.05, 0) is 55.4 Å². The van der Waals surface area contributed by atoms with E-state index in [0.717, 1.165) is 18.8 Å². The molecule has 0 saturated heterocycles. The number of thiophene rings is 1. The zero-order valence-electron chi connectivity index (χ0n) is 10.8. The van der Waals surface area contributed by atoms with Crippen molar-refractivity contribution in [1.82, 2.24) is 0 Å². The normalized spacial score (nSPS) is 29.4. The minimum absolute atomic E-state index is 0.0388. The second-order valence-electron chi connectivity index (χ2n) is 5.41. The third-order valence-corrected chi connectivity index (χ3v) is 5.03. The molecule has 0 bridgehead atoms. The van der Waals surface area contributed by atoms with Gasteiger partial charge in [-0.1, -0.05) is 25.8 Å². The Hall–Kier alpha value is -0.340. The molecule has 0 radical (unpaired) electrons. The monoisotopic (exact) mass is 252 g/mol. The highest BCUT2D eigenvalue weighted by Crippen LogP contribution is 2.34. The molecule has 0 amide bonds. The third kappa shape index (κ3) is 3.82. The predicted molar refractivity (Wildman–Crippen MR) is 74.4 cm³/mol. The van der Waals surface area contributed by atoms with E-state index in [1.54, 1.807) is 0 Å². The van der Waals surface area contributed by atoms with E-state index in [0.29, 0.717) is 5.92 Å². The van der Waals surface area contributed by atoms with Gasteiger partial charge in [0.05, 0.1) is 6.10 Å². The average Bonchev–Trinajstić information content (AvgIpc) is 2.83. The van der Waals surface area contributed by atoms with E-state index in [1.807, 2.05) is 11.3 Å². The summed E-state index contributed by atoms with van der Waals surface area (Å²) in [5.74, 6) is 1.42. The van der Waals surface area contributed by atoms with Crippen LogP contribution >= 0.6 is 11.3 Å². The van der Waals surface area contributed by atoms with E-state index in [2.05, 4.69) is 24.4 Å². The molecule has 96 valence electrons. The van der Waals surface area contributed by atoms with E-state index in [-0.39, 0.29) is 6.10 Å². The maximum Gasteiger partial charge on any atom is 0.0568 e. The second kappa shape index (κ2) is 6.55. The number of hydrogen-bond acceptors (Lipinski definition) is 2. The van der Waals surface area contributed by atoms with Crippen molar-refractivity contribution in [2.45, 2.75) is 58.0 Å². The fraction of sp³-hybridized carbons (Fsp3) is 0.733. The Morgan fingerprint density at radius 1 is 1.35 bits per heavy atom. The van der Waals surface area contributed by atoms with Crippen LogP contribution in [0.25, 0.3) is 0 Å². The van der Waals surface area contributed by atoms with E-state index in [9.17, 15) is 5.11 Å². The molecule has 2 rings (SSSR count). The summed E-state index contributed by atoms with van der Waals surface area (Å²) in [7, 11) is 0. The molecule has 0 aliphatic heterocycles. The van der Waals surface area contributed by atoms with Crippen LogP contribution in [0.4, 0.5) is 0 Å². The van der Waals surface area contributed by atoms with Crippen LogP contribution in [0.3, 0.4) is 0 Å². The number of rotatable bonds is 5. The van der Waals surface area contributed by atoms with Gasteiger partial charge in [0.25, 0.3) is 0 Å². The molecule has 1 fully saturated rings. The van der Waals surface area contributed by atoms with Crippen molar-refractivity contribution >= 4 is 11.3 Å². The number of hydrogen-bond donors (Lipinski definition) is 1. The fourth-order valence-electron chi connectivity index (χ4n) is 3.11. The number of aryl methyl sites for hydroxylation is 1. The summed E-state index contributed by atoms with van der Waals surface area (Å²) in [4.78, 5) is 1.47. The number of aliphatic hydroxyl groups is 1. The van der Waals surface area contributed by atoms with Crippen LogP contribution in [0.5, 0.6) is 0 Å². The van der Waals surface area contributed by atoms with Gasteiger partial charge in [0.15, 0.2) is 0 Å². The first-order chi connectivity index (χ1) is 8.29. The van der Waals surface area contributed by atoms with Crippen LogP contribution in [0.1, 0.15) is 50.3 Å². The Kier molecular flexibility index (Phi) is 5.05. The highest BCUT2D eigenvalue weighted by molar-refractivity contribution is 7.09. The van der Waals surface area contributed by atoms with Crippen LogP contribution in [0.2, 0.25) is 0 Å². The second-order valence-corrected chi connectivity index (χ2v) is 6.45. The first-order valence-electron chi connectivity index (χ1n) is 7.00. The van der Waals surface area contributed by atoms with E-state index in [4.69, 9.17) is 0 Å². The van der Waals surface area contributed by atoms with Crippen LogP contribution in [-0.2, 0) is 6.42 Å². The zero-order valence-corrected chi connectivity index (χ0v) is 11.6. The van der Waals surface area contributed by atoms with Crippen molar-refractivity contribution < 1.29 is 5.11 Å². The Morgan fingerprint density at radius 2 is 2.24 bits per heavy atom. The molecule has 1 aromatic heterocycles. The molecule has 1 heterocycles. The van der Waals surface area contributed by atoms with Crippen molar-refractivity contribution in [3.63, 3.8) is 0 Å². The zero-order chi connectivity index (χ0) is 12.1. The van der Waals surface area contributed by atoms with Gasteiger partial charge in [-0.15, -0.1) is 11.3 Å². The molecule has 3 unspecified atom stereocenters. The molecule has 2 heteroatoms. The topological polar surface area (TPSA) is 20.2 Å². The molecule has 3 atom stereocenters.